The standard InChI is InChI=1S/C11H8BrFN2O/c1-2-7-3-11(16)15(6-7)10-4-9(13)8(12)5-14-10/h1,4-5,7H,3,6H2. The van der Waals surface area contributed by atoms with Crippen molar-refractivity contribution >= 4 is 27.7 Å². The number of rotatable bonds is 1. The molecule has 2 rings (SSSR count). The zero-order chi connectivity index (χ0) is 11.7. The van der Waals surface area contributed by atoms with E-state index in [0.29, 0.717) is 18.8 Å². The SMILES string of the molecule is C#CC1CC(=O)N(c2cc(F)c(Br)cn2)C1. The first-order chi connectivity index (χ1) is 7.61. The number of hydrogen-bond acceptors (Lipinski definition) is 2. The summed E-state index contributed by atoms with van der Waals surface area (Å²) in [5.41, 5.74) is 0. The van der Waals surface area contributed by atoms with Gasteiger partial charge in [-0.15, -0.1) is 12.3 Å². The summed E-state index contributed by atoms with van der Waals surface area (Å²) < 4.78 is 13.5. The van der Waals surface area contributed by atoms with Gasteiger partial charge in [-0.1, -0.05) is 0 Å². The molecule has 1 amide bonds. The molecule has 0 aliphatic carbocycles. The van der Waals surface area contributed by atoms with E-state index in [2.05, 4.69) is 26.8 Å². The maximum Gasteiger partial charge on any atom is 0.229 e. The highest BCUT2D eigenvalue weighted by Crippen LogP contribution is 2.25. The summed E-state index contributed by atoms with van der Waals surface area (Å²) in [5.74, 6) is 2.17. The molecule has 0 aromatic carbocycles. The lowest BCUT2D eigenvalue weighted by molar-refractivity contribution is -0.117. The molecule has 0 radical (unpaired) electrons. The lowest BCUT2D eigenvalue weighted by Gasteiger charge is -2.14. The molecule has 5 heteroatoms. The Kier molecular flexibility index (Phi) is 2.92. The highest BCUT2D eigenvalue weighted by atomic mass is 79.9. The van der Waals surface area contributed by atoms with E-state index < -0.39 is 5.82 Å². The Morgan fingerprint density at radius 2 is 2.44 bits per heavy atom. The fraction of sp³-hybridized carbons (Fsp3) is 0.273. The first-order valence-corrected chi connectivity index (χ1v) is 5.48. The number of carbonyl (C=O) groups excluding carboxylic acids is 1. The predicted octanol–water partition coefficient (Wildman–Crippen LogP) is 1.97. The third-order valence-electron chi connectivity index (χ3n) is 2.43. The number of anilines is 1. The maximum absolute atomic E-state index is 13.3. The molecular formula is C11H8BrFN2O. The number of terminal acetylenes is 1. The van der Waals surface area contributed by atoms with E-state index >= 15 is 0 Å². The normalized spacial score (nSPS) is 19.9. The molecule has 0 spiro atoms. The minimum absolute atomic E-state index is 0.110. The first kappa shape index (κ1) is 11.1. The summed E-state index contributed by atoms with van der Waals surface area (Å²) >= 11 is 3.01. The van der Waals surface area contributed by atoms with Gasteiger partial charge in [-0.3, -0.25) is 9.69 Å². The number of hydrogen-bond donors (Lipinski definition) is 0. The minimum Gasteiger partial charge on any atom is -0.295 e. The van der Waals surface area contributed by atoms with Crippen LogP contribution < -0.4 is 4.90 Å². The molecule has 0 bridgehead atoms. The van der Waals surface area contributed by atoms with Gasteiger partial charge in [0.25, 0.3) is 0 Å². The number of nitrogens with zero attached hydrogens (tertiary/aromatic N) is 2. The van der Waals surface area contributed by atoms with Crippen molar-refractivity contribution in [3.05, 3.63) is 22.6 Å². The summed E-state index contributed by atoms with van der Waals surface area (Å²) in [6, 6.07) is 1.22. The van der Waals surface area contributed by atoms with Gasteiger partial charge in [0.05, 0.1) is 4.47 Å². The van der Waals surface area contributed by atoms with Crippen molar-refractivity contribution in [1.29, 1.82) is 0 Å². The Hall–Kier alpha value is -1.41. The van der Waals surface area contributed by atoms with Gasteiger partial charge in [0.15, 0.2) is 0 Å². The van der Waals surface area contributed by atoms with Crippen molar-refractivity contribution in [2.45, 2.75) is 6.42 Å². The molecule has 16 heavy (non-hydrogen) atoms. The first-order valence-electron chi connectivity index (χ1n) is 4.69. The molecule has 82 valence electrons. The Bertz CT molecular complexity index is 483. The smallest absolute Gasteiger partial charge is 0.229 e. The van der Waals surface area contributed by atoms with Crippen LogP contribution in [0.3, 0.4) is 0 Å². The molecule has 0 saturated carbocycles. The average molecular weight is 283 g/mol. The minimum atomic E-state index is -0.443. The largest absolute Gasteiger partial charge is 0.295 e. The zero-order valence-electron chi connectivity index (χ0n) is 8.28. The second-order valence-electron chi connectivity index (χ2n) is 3.53. The Labute approximate surface area is 101 Å². The Morgan fingerprint density at radius 3 is 3.00 bits per heavy atom. The van der Waals surface area contributed by atoms with Crippen molar-refractivity contribution in [2.24, 2.45) is 5.92 Å². The summed E-state index contributed by atoms with van der Waals surface area (Å²) in [6.07, 6.45) is 6.90. The van der Waals surface area contributed by atoms with Gasteiger partial charge in [0.2, 0.25) is 5.91 Å². The second kappa shape index (κ2) is 4.22. The van der Waals surface area contributed by atoms with E-state index in [1.165, 1.54) is 17.2 Å². The van der Waals surface area contributed by atoms with Crippen LogP contribution in [0.1, 0.15) is 6.42 Å². The van der Waals surface area contributed by atoms with Crippen LogP contribution in [-0.2, 0) is 4.79 Å². The molecule has 3 nitrogen and oxygen atoms in total. The number of halogens is 2. The van der Waals surface area contributed by atoms with E-state index in [1.54, 1.807) is 0 Å². The quantitative estimate of drug-likeness (QED) is 0.738. The number of carbonyl (C=O) groups is 1. The van der Waals surface area contributed by atoms with Crippen LogP contribution in [0.4, 0.5) is 10.2 Å². The number of amides is 1. The van der Waals surface area contributed by atoms with Crippen LogP contribution in [0.25, 0.3) is 0 Å². The fourth-order valence-corrected chi connectivity index (χ4v) is 1.81. The van der Waals surface area contributed by atoms with E-state index in [-0.39, 0.29) is 16.3 Å². The zero-order valence-corrected chi connectivity index (χ0v) is 9.87. The average Bonchev–Trinajstić information content (AvgIpc) is 2.64. The molecule has 1 saturated heterocycles. The van der Waals surface area contributed by atoms with Gasteiger partial charge in [-0.05, 0) is 15.9 Å². The summed E-state index contributed by atoms with van der Waals surface area (Å²) in [4.78, 5) is 17.0. The lowest BCUT2D eigenvalue weighted by Crippen LogP contribution is -2.25. The van der Waals surface area contributed by atoms with E-state index in [4.69, 9.17) is 6.42 Å². The van der Waals surface area contributed by atoms with Gasteiger partial charge in [0, 0.05) is 31.1 Å². The van der Waals surface area contributed by atoms with Gasteiger partial charge in [-0.25, -0.2) is 9.37 Å². The Balaban J connectivity index is 2.29. The third kappa shape index (κ3) is 1.93. The molecule has 1 unspecified atom stereocenters. The van der Waals surface area contributed by atoms with Crippen molar-refractivity contribution in [2.75, 3.05) is 11.4 Å². The maximum atomic E-state index is 13.3. The highest BCUT2D eigenvalue weighted by Gasteiger charge is 2.30. The molecule has 2 heterocycles. The van der Waals surface area contributed by atoms with Crippen LogP contribution in [0.5, 0.6) is 0 Å². The van der Waals surface area contributed by atoms with E-state index in [0.717, 1.165) is 0 Å². The molecule has 1 aromatic heterocycles. The molecule has 1 aromatic rings. The van der Waals surface area contributed by atoms with Crippen LogP contribution in [0.15, 0.2) is 16.7 Å². The highest BCUT2D eigenvalue weighted by molar-refractivity contribution is 9.10. The number of aromatic nitrogens is 1. The Morgan fingerprint density at radius 1 is 1.69 bits per heavy atom. The lowest BCUT2D eigenvalue weighted by atomic mass is 10.1. The summed E-state index contributed by atoms with van der Waals surface area (Å²) in [5, 5.41) is 0. The van der Waals surface area contributed by atoms with Crippen molar-refractivity contribution in [1.82, 2.24) is 4.98 Å². The van der Waals surface area contributed by atoms with Gasteiger partial charge in [-0.2, -0.15) is 0 Å². The molecule has 1 aliphatic heterocycles. The van der Waals surface area contributed by atoms with E-state index in [9.17, 15) is 9.18 Å². The summed E-state index contributed by atoms with van der Waals surface area (Å²) in [7, 11) is 0. The summed E-state index contributed by atoms with van der Waals surface area (Å²) in [6.45, 7) is 0.406. The van der Waals surface area contributed by atoms with Crippen LogP contribution >= 0.6 is 15.9 Å². The van der Waals surface area contributed by atoms with Crippen molar-refractivity contribution in [3.8, 4) is 12.3 Å². The molecule has 1 aliphatic rings. The van der Waals surface area contributed by atoms with Gasteiger partial charge >= 0.3 is 0 Å². The molecular weight excluding hydrogens is 275 g/mol. The van der Waals surface area contributed by atoms with Crippen LogP contribution in [0, 0.1) is 24.1 Å². The monoisotopic (exact) mass is 282 g/mol. The van der Waals surface area contributed by atoms with Gasteiger partial charge < -0.3 is 0 Å². The fourth-order valence-electron chi connectivity index (χ4n) is 1.59. The van der Waals surface area contributed by atoms with E-state index in [1.807, 2.05) is 0 Å². The molecule has 1 fully saturated rings. The molecule has 0 N–H and O–H groups in total. The second-order valence-corrected chi connectivity index (χ2v) is 4.38. The van der Waals surface area contributed by atoms with Gasteiger partial charge in [0.1, 0.15) is 11.6 Å². The molecule has 1 atom stereocenters. The van der Waals surface area contributed by atoms with Crippen molar-refractivity contribution < 1.29 is 9.18 Å². The topological polar surface area (TPSA) is 33.2 Å². The van der Waals surface area contributed by atoms with Crippen molar-refractivity contribution in [3.63, 3.8) is 0 Å². The third-order valence-corrected chi connectivity index (χ3v) is 3.01. The van der Waals surface area contributed by atoms with Crippen LogP contribution in [-0.4, -0.2) is 17.4 Å². The number of pyridine rings is 1. The van der Waals surface area contributed by atoms with Crippen LogP contribution in [0.2, 0.25) is 0 Å². The predicted molar refractivity (Wildman–Crippen MR) is 61.2 cm³/mol.